The van der Waals surface area contributed by atoms with Crippen LogP contribution in [-0.2, 0) is 19.1 Å². The molecule has 0 aliphatic carbocycles. The summed E-state index contributed by atoms with van der Waals surface area (Å²) >= 11 is 0. The van der Waals surface area contributed by atoms with Crippen molar-refractivity contribution in [1.82, 2.24) is 0 Å². The summed E-state index contributed by atoms with van der Waals surface area (Å²) in [4.78, 5) is 35.0. The van der Waals surface area contributed by atoms with Gasteiger partial charge in [-0.3, -0.25) is 9.59 Å². The van der Waals surface area contributed by atoms with Crippen molar-refractivity contribution in [2.75, 3.05) is 0 Å². The number of carbonyl (C=O) groups is 3. The minimum Gasteiger partial charge on any atom is -0.459 e. The summed E-state index contributed by atoms with van der Waals surface area (Å²) in [6, 6.07) is 0. The highest BCUT2D eigenvalue weighted by Gasteiger charge is 2.37. The summed E-state index contributed by atoms with van der Waals surface area (Å²) in [7, 11) is 0. The number of hydrogen-bond acceptors (Lipinski definition) is 4. The lowest BCUT2D eigenvalue weighted by atomic mass is 9.80. The molecule has 0 amide bonds. The number of Topliss-reactive ketones (excluding diaryl/α,β-unsaturated/α-hetero) is 2. The Hall–Kier alpha value is -1.19. The molecule has 108 valence electrons. The van der Waals surface area contributed by atoms with Crippen LogP contribution >= 0.6 is 0 Å². The quantitative estimate of drug-likeness (QED) is 0.738. The molecule has 0 aromatic heterocycles. The van der Waals surface area contributed by atoms with Gasteiger partial charge in [0.05, 0.1) is 0 Å². The fourth-order valence-corrected chi connectivity index (χ4v) is 2.44. The molecule has 0 saturated carbocycles. The highest BCUT2D eigenvalue weighted by Crippen LogP contribution is 2.32. The van der Waals surface area contributed by atoms with Crippen molar-refractivity contribution in [3.8, 4) is 0 Å². The summed E-state index contributed by atoms with van der Waals surface area (Å²) < 4.78 is 5.50. The molecule has 0 aromatic rings. The highest BCUT2D eigenvalue weighted by molar-refractivity contribution is 5.82. The van der Waals surface area contributed by atoms with E-state index in [2.05, 4.69) is 0 Å². The van der Waals surface area contributed by atoms with Crippen LogP contribution in [0.3, 0.4) is 0 Å². The monoisotopic (exact) mass is 268 g/mol. The summed E-state index contributed by atoms with van der Waals surface area (Å²) in [5.74, 6) is -0.184. The van der Waals surface area contributed by atoms with Gasteiger partial charge in [-0.15, -0.1) is 0 Å². The smallest absolute Gasteiger partial charge is 0.306 e. The van der Waals surface area contributed by atoms with Gasteiger partial charge in [0, 0.05) is 31.1 Å². The number of ether oxygens (including phenoxy) is 1. The van der Waals surface area contributed by atoms with Crippen molar-refractivity contribution in [3.05, 3.63) is 0 Å². The first kappa shape index (κ1) is 15.9. The molecule has 1 aliphatic rings. The normalized spacial score (nSPS) is 28.0. The number of rotatable bonds is 3. The zero-order valence-electron chi connectivity index (χ0n) is 12.3. The van der Waals surface area contributed by atoms with Crippen molar-refractivity contribution in [3.63, 3.8) is 0 Å². The molecule has 1 heterocycles. The second-order valence-corrected chi connectivity index (χ2v) is 6.13. The van der Waals surface area contributed by atoms with Crippen LogP contribution in [-0.4, -0.2) is 23.1 Å². The van der Waals surface area contributed by atoms with Gasteiger partial charge in [-0.2, -0.15) is 0 Å². The molecule has 0 bridgehead atoms. The Morgan fingerprint density at radius 1 is 1.37 bits per heavy atom. The number of cyclic esters (lactones) is 1. The van der Waals surface area contributed by atoms with E-state index in [9.17, 15) is 14.4 Å². The van der Waals surface area contributed by atoms with E-state index >= 15 is 0 Å². The predicted octanol–water partition coefficient (Wildman–Crippen LogP) is 2.68. The van der Waals surface area contributed by atoms with Crippen LogP contribution in [0.25, 0.3) is 0 Å². The van der Waals surface area contributed by atoms with E-state index in [1.807, 2.05) is 20.8 Å². The average molecular weight is 268 g/mol. The highest BCUT2D eigenvalue weighted by atomic mass is 16.6. The van der Waals surface area contributed by atoms with Crippen molar-refractivity contribution in [2.45, 2.75) is 65.4 Å². The van der Waals surface area contributed by atoms with Crippen LogP contribution in [0.1, 0.15) is 59.8 Å². The fraction of sp³-hybridized carbons (Fsp3) is 0.800. The third-order valence-electron chi connectivity index (χ3n) is 3.98. The Kier molecular flexibility index (Phi) is 5.27. The van der Waals surface area contributed by atoms with E-state index in [0.29, 0.717) is 25.7 Å². The molecular weight excluding hydrogens is 244 g/mol. The fourth-order valence-electron chi connectivity index (χ4n) is 2.44. The second kappa shape index (κ2) is 6.31. The third kappa shape index (κ3) is 4.77. The number of carbonyl (C=O) groups excluding carboxylic acids is 3. The molecule has 4 heteroatoms. The van der Waals surface area contributed by atoms with E-state index in [1.54, 1.807) is 6.92 Å². The van der Waals surface area contributed by atoms with Crippen molar-refractivity contribution in [2.24, 2.45) is 11.8 Å². The van der Waals surface area contributed by atoms with Gasteiger partial charge in [0.1, 0.15) is 17.2 Å². The Balaban J connectivity index is 2.88. The first-order valence-electron chi connectivity index (χ1n) is 6.96. The van der Waals surface area contributed by atoms with E-state index in [1.165, 1.54) is 0 Å². The van der Waals surface area contributed by atoms with Gasteiger partial charge in [0.2, 0.25) is 0 Å². The minimum atomic E-state index is -0.688. The molecule has 0 aromatic carbocycles. The molecule has 1 rings (SSSR count). The predicted molar refractivity (Wildman–Crippen MR) is 71.6 cm³/mol. The molecule has 0 N–H and O–H groups in total. The van der Waals surface area contributed by atoms with E-state index < -0.39 is 5.60 Å². The molecule has 1 fully saturated rings. The topological polar surface area (TPSA) is 60.4 Å². The summed E-state index contributed by atoms with van der Waals surface area (Å²) in [5.41, 5.74) is -0.688. The minimum absolute atomic E-state index is 0.0894. The molecule has 2 atom stereocenters. The Labute approximate surface area is 114 Å². The van der Waals surface area contributed by atoms with Crippen LogP contribution in [0.5, 0.6) is 0 Å². The molecule has 4 nitrogen and oxygen atoms in total. The van der Waals surface area contributed by atoms with Crippen molar-refractivity contribution in [1.29, 1.82) is 0 Å². The van der Waals surface area contributed by atoms with Crippen molar-refractivity contribution < 1.29 is 19.1 Å². The Morgan fingerprint density at radius 2 is 2.00 bits per heavy atom. The number of esters is 1. The molecule has 1 saturated heterocycles. The van der Waals surface area contributed by atoms with Crippen molar-refractivity contribution >= 4 is 17.5 Å². The maximum absolute atomic E-state index is 12.1. The van der Waals surface area contributed by atoms with Gasteiger partial charge < -0.3 is 9.53 Å². The zero-order valence-corrected chi connectivity index (χ0v) is 12.3. The number of ketones is 2. The van der Waals surface area contributed by atoms with Crippen LogP contribution in [0, 0.1) is 11.8 Å². The van der Waals surface area contributed by atoms with Gasteiger partial charge in [0.15, 0.2) is 0 Å². The summed E-state index contributed by atoms with van der Waals surface area (Å²) in [6.45, 7) is 7.06. The summed E-state index contributed by atoms with van der Waals surface area (Å²) in [5, 5.41) is 0. The SMILES string of the molecule is CC(=O)CC[C@@H]1CC(=O)[C@@H](C)CCC(=O)OC1(C)C. The van der Waals surface area contributed by atoms with Gasteiger partial charge >= 0.3 is 5.97 Å². The van der Waals surface area contributed by atoms with E-state index in [0.717, 1.165) is 0 Å². The van der Waals surface area contributed by atoms with Gasteiger partial charge in [-0.1, -0.05) is 6.92 Å². The van der Waals surface area contributed by atoms with Crippen LogP contribution < -0.4 is 0 Å². The maximum Gasteiger partial charge on any atom is 0.306 e. The number of hydrogen-bond donors (Lipinski definition) is 0. The Bertz CT molecular complexity index is 370. The van der Waals surface area contributed by atoms with Crippen LogP contribution in [0.4, 0.5) is 0 Å². The Morgan fingerprint density at radius 3 is 2.58 bits per heavy atom. The largest absolute Gasteiger partial charge is 0.459 e. The molecule has 0 spiro atoms. The first-order chi connectivity index (χ1) is 8.72. The first-order valence-corrected chi connectivity index (χ1v) is 6.96. The lowest BCUT2D eigenvalue weighted by Gasteiger charge is -2.33. The van der Waals surface area contributed by atoms with E-state index in [4.69, 9.17) is 4.74 Å². The van der Waals surface area contributed by atoms with E-state index in [-0.39, 0.29) is 35.8 Å². The molecular formula is C15H24O4. The third-order valence-corrected chi connectivity index (χ3v) is 3.98. The second-order valence-electron chi connectivity index (χ2n) is 6.13. The van der Waals surface area contributed by atoms with Crippen LogP contribution in [0.15, 0.2) is 0 Å². The standard InChI is InChI=1S/C15H24O4/c1-10-5-8-14(18)19-15(3,4)12(9-13(10)17)7-6-11(2)16/h10,12H,5-9H2,1-4H3/t10-,12+/m0/s1. The summed E-state index contributed by atoms with van der Waals surface area (Å²) in [6.07, 6.45) is 2.24. The molecule has 0 unspecified atom stereocenters. The lowest BCUT2D eigenvalue weighted by molar-refractivity contribution is -0.162. The molecule has 0 radical (unpaired) electrons. The molecule has 19 heavy (non-hydrogen) atoms. The zero-order chi connectivity index (χ0) is 14.6. The van der Waals surface area contributed by atoms with Crippen LogP contribution in [0.2, 0.25) is 0 Å². The molecule has 1 aliphatic heterocycles. The average Bonchev–Trinajstić information content (AvgIpc) is 2.31. The van der Waals surface area contributed by atoms with Gasteiger partial charge in [-0.25, -0.2) is 0 Å². The van der Waals surface area contributed by atoms with Gasteiger partial charge in [-0.05, 0) is 33.6 Å². The maximum atomic E-state index is 12.1. The lowest BCUT2D eigenvalue weighted by Crippen LogP contribution is -2.37. The van der Waals surface area contributed by atoms with Gasteiger partial charge in [0.25, 0.3) is 0 Å².